The molecule has 0 saturated carbocycles. The minimum Gasteiger partial charge on any atom is -0.439 e. The van der Waals surface area contributed by atoms with E-state index in [0.717, 1.165) is 6.08 Å². The zero-order chi connectivity index (χ0) is 24.9. The summed E-state index contributed by atoms with van der Waals surface area (Å²) in [6, 6.07) is 6.34. The van der Waals surface area contributed by atoms with E-state index in [-0.39, 0.29) is 23.3 Å². The predicted molar refractivity (Wildman–Crippen MR) is 127 cm³/mol. The molecule has 1 aromatic carbocycles. The van der Waals surface area contributed by atoms with Crippen molar-refractivity contribution in [1.82, 2.24) is 25.1 Å². The summed E-state index contributed by atoms with van der Waals surface area (Å²) in [5.74, 6) is 1.27. The molecule has 2 aromatic heterocycles. The molecule has 0 radical (unpaired) electrons. The smallest absolute Gasteiger partial charge is 0.415 e. The van der Waals surface area contributed by atoms with Gasteiger partial charge in [-0.3, -0.25) is 5.10 Å². The van der Waals surface area contributed by atoms with Crippen LogP contribution in [0.25, 0.3) is 11.4 Å². The molecule has 0 amide bonds. The number of hydrogen-bond donors (Lipinski definition) is 3. The molecule has 8 nitrogen and oxygen atoms in total. The molecule has 0 aliphatic heterocycles. The van der Waals surface area contributed by atoms with Crippen molar-refractivity contribution in [2.45, 2.75) is 18.3 Å². The van der Waals surface area contributed by atoms with Gasteiger partial charge < -0.3 is 15.8 Å². The van der Waals surface area contributed by atoms with Crippen molar-refractivity contribution in [2.75, 3.05) is 17.3 Å². The summed E-state index contributed by atoms with van der Waals surface area (Å²) in [6.07, 6.45) is 1.13. The highest BCUT2D eigenvalue weighted by Gasteiger charge is 2.30. The van der Waals surface area contributed by atoms with Gasteiger partial charge in [-0.25, -0.2) is 4.98 Å². The zero-order valence-electron chi connectivity index (χ0n) is 17.9. The maximum Gasteiger partial charge on any atom is 0.415 e. The molecule has 178 valence electrons. The van der Waals surface area contributed by atoms with Gasteiger partial charge in [-0.05, 0) is 37.5 Å². The molecule has 0 spiro atoms. The molecule has 13 heteroatoms. The van der Waals surface area contributed by atoms with Crippen molar-refractivity contribution in [3.63, 3.8) is 0 Å². The lowest BCUT2D eigenvalue weighted by atomic mass is 10.2. The number of nitrogens with zero attached hydrogens (tertiary/aromatic N) is 4. The van der Waals surface area contributed by atoms with Crippen LogP contribution in [0.15, 0.2) is 65.5 Å². The summed E-state index contributed by atoms with van der Waals surface area (Å²) < 4.78 is 44.2. The van der Waals surface area contributed by atoms with Crippen LogP contribution in [0.2, 0.25) is 5.02 Å². The van der Waals surface area contributed by atoms with Gasteiger partial charge >= 0.3 is 6.18 Å². The number of thioether (sulfide) groups is 1. The van der Waals surface area contributed by atoms with E-state index in [4.69, 9.17) is 22.1 Å². The van der Waals surface area contributed by atoms with Gasteiger partial charge in [-0.1, -0.05) is 36.0 Å². The molecule has 0 saturated heterocycles. The number of nitrogens with one attached hydrogen (secondary N) is 2. The van der Waals surface area contributed by atoms with Crippen LogP contribution in [0.1, 0.15) is 6.92 Å². The van der Waals surface area contributed by atoms with Crippen LogP contribution < -0.4 is 15.8 Å². The maximum absolute atomic E-state index is 12.8. The van der Waals surface area contributed by atoms with Crippen LogP contribution in [-0.2, 0) is 0 Å². The quantitative estimate of drug-likeness (QED) is 0.192. The van der Waals surface area contributed by atoms with Crippen LogP contribution in [0, 0.1) is 0 Å². The van der Waals surface area contributed by atoms with Crippen LogP contribution in [0.4, 0.5) is 24.9 Å². The maximum atomic E-state index is 12.8. The number of nitrogen functional groups attached to an aromatic ring is 1. The monoisotopic (exact) mass is 509 g/mol. The molecule has 0 aliphatic rings. The standard InChI is InChI=1S/C21H19ClF3N7OS/c1-4-5-12(8-11(2)21(23,24)25)27-19-30-18(31-32-19)14-7-6-13(9-15(14)22)33-17-10-16(26)28-20(29-17)34-3/h4-10H,2H2,1,3H3,(H2,26,28,29)(H2,27,30,31,32)/b5-4-,12-8+. The molecule has 3 rings (SSSR count). The molecule has 0 unspecified atom stereocenters. The lowest BCUT2D eigenvalue weighted by molar-refractivity contribution is -0.0878. The van der Waals surface area contributed by atoms with Gasteiger partial charge in [0.1, 0.15) is 11.6 Å². The molecule has 4 N–H and O–H groups in total. The van der Waals surface area contributed by atoms with E-state index in [0.29, 0.717) is 27.3 Å². The van der Waals surface area contributed by atoms with Crippen molar-refractivity contribution in [3.05, 3.63) is 65.4 Å². The van der Waals surface area contributed by atoms with Gasteiger partial charge in [0.05, 0.1) is 10.6 Å². The van der Waals surface area contributed by atoms with Crippen LogP contribution in [0.3, 0.4) is 0 Å². The number of allylic oxidation sites excluding steroid dienone is 4. The minimum atomic E-state index is -4.55. The average molecular weight is 510 g/mol. The van der Waals surface area contributed by atoms with Gasteiger partial charge in [0, 0.05) is 23.4 Å². The van der Waals surface area contributed by atoms with Crippen LogP contribution >= 0.6 is 23.4 Å². The van der Waals surface area contributed by atoms with Gasteiger partial charge in [-0.2, -0.15) is 23.1 Å². The Hall–Kier alpha value is -3.51. The molecular weight excluding hydrogens is 491 g/mol. The number of aromatic nitrogens is 5. The summed E-state index contributed by atoms with van der Waals surface area (Å²) >= 11 is 7.72. The molecular formula is C21H19ClF3N7OS. The van der Waals surface area contributed by atoms with E-state index >= 15 is 0 Å². The van der Waals surface area contributed by atoms with Gasteiger partial charge in [-0.15, -0.1) is 5.10 Å². The predicted octanol–water partition coefficient (Wildman–Crippen LogP) is 6.00. The number of anilines is 2. The van der Waals surface area contributed by atoms with Crippen molar-refractivity contribution >= 4 is 35.1 Å². The van der Waals surface area contributed by atoms with E-state index in [2.05, 4.69) is 37.0 Å². The van der Waals surface area contributed by atoms with Crippen molar-refractivity contribution in [3.8, 4) is 23.0 Å². The molecule has 3 aromatic rings. The second-order valence-electron chi connectivity index (χ2n) is 6.62. The third kappa shape index (κ3) is 6.51. The highest BCUT2D eigenvalue weighted by Crippen LogP contribution is 2.32. The van der Waals surface area contributed by atoms with Crippen molar-refractivity contribution in [1.29, 1.82) is 0 Å². The Morgan fingerprint density at radius 1 is 1.26 bits per heavy atom. The first kappa shape index (κ1) is 25.1. The van der Waals surface area contributed by atoms with E-state index in [1.54, 1.807) is 31.2 Å². The zero-order valence-corrected chi connectivity index (χ0v) is 19.5. The average Bonchev–Trinajstić information content (AvgIpc) is 3.21. The minimum absolute atomic E-state index is 0.0479. The number of rotatable bonds is 8. The Morgan fingerprint density at radius 3 is 2.68 bits per heavy atom. The largest absolute Gasteiger partial charge is 0.439 e. The fourth-order valence-corrected chi connectivity index (χ4v) is 3.22. The molecule has 0 aliphatic carbocycles. The van der Waals surface area contributed by atoms with Crippen molar-refractivity contribution < 1.29 is 17.9 Å². The Balaban J connectivity index is 1.79. The Bertz CT molecular complexity index is 1260. The number of benzene rings is 1. The number of halogens is 4. The first-order chi connectivity index (χ1) is 16.1. The molecule has 34 heavy (non-hydrogen) atoms. The number of alkyl halides is 3. The van der Waals surface area contributed by atoms with Gasteiger partial charge in [0.15, 0.2) is 11.0 Å². The highest BCUT2D eigenvalue weighted by atomic mass is 35.5. The number of nitrogens with two attached hydrogens (primary N) is 1. The van der Waals surface area contributed by atoms with Gasteiger partial charge in [0.25, 0.3) is 0 Å². The number of hydrogen-bond acceptors (Lipinski definition) is 8. The second-order valence-corrected chi connectivity index (χ2v) is 7.80. The normalized spacial score (nSPS) is 12.2. The lowest BCUT2D eigenvalue weighted by Gasteiger charge is -2.09. The first-order valence-electron chi connectivity index (χ1n) is 9.55. The molecule has 0 atom stereocenters. The Kier molecular flexibility index (Phi) is 7.84. The lowest BCUT2D eigenvalue weighted by Crippen LogP contribution is -2.10. The summed E-state index contributed by atoms with van der Waals surface area (Å²) in [6.45, 7) is 4.70. The molecule has 0 bridgehead atoms. The summed E-state index contributed by atoms with van der Waals surface area (Å²) in [5, 5.41) is 10.2. The molecule has 0 fully saturated rings. The van der Waals surface area contributed by atoms with E-state index in [9.17, 15) is 13.2 Å². The Morgan fingerprint density at radius 2 is 2.03 bits per heavy atom. The highest BCUT2D eigenvalue weighted by molar-refractivity contribution is 7.98. The topological polar surface area (TPSA) is 115 Å². The van der Waals surface area contributed by atoms with Crippen LogP contribution in [-0.4, -0.2) is 37.6 Å². The van der Waals surface area contributed by atoms with Gasteiger partial charge in [0.2, 0.25) is 11.8 Å². The second kappa shape index (κ2) is 10.6. The van der Waals surface area contributed by atoms with E-state index in [1.807, 2.05) is 6.26 Å². The van der Waals surface area contributed by atoms with E-state index in [1.165, 1.54) is 23.9 Å². The summed E-state index contributed by atoms with van der Waals surface area (Å²) in [5.41, 5.74) is 5.35. The third-order valence-corrected chi connectivity index (χ3v) is 4.94. The molecule has 2 heterocycles. The summed E-state index contributed by atoms with van der Waals surface area (Å²) in [4.78, 5) is 12.5. The fourth-order valence-electron chi connectivity index (χ4n) is 2.58. The fraction of sp³-hybridized carbons (Fsp3) is 0.143. The van der Waals surface area contributed by atoms with E-state index < -0.39 is 11.7 Å². The first-order valence-corrected chi connectivity index (χ1v) is 11.2. The SMILES string of the molecule is C=C(/C=C(\C=C/C)Nc1n[nH]c(-c2ccc(Oc3cc(N)nc(SC)n3)cc2Cl)n1)C(F)(F)F. The Labute approximate surface area is 202 Å². The third-order valence-electron chi connectivity index (χ3n) is 4.08. The number of ether oxygens (including phenoxy) is 1. The van der Waals surface area contributed by atoms with Crippen molar-refractivity contribution in [2.24, 2.45) is 0 Å². The number of H-pyrrole nitrogens is 1. The number of aromatic amines is 1. The van der Waals surface area contributed by atoms with Crippen LogP contribution in [0.5, 0.6) is 11.6 Å². The summed E-state index contributed by atoms with van der Waals surface area (Å²) in [7, 11) is 0.